The molecule has 1 saturated heterocycles. The second kappa shape index (κ2) is 12.7. The molecule has 8 heteroatoms. The molecule has 3 aliphatic rings. The molecular formula is C32H40ClN3O4. The quantitative estimate of drug-likeness (QED) is 0.485. The van der Waals surface area contributed by atoms with E-state index in [9.17, 15) is 14.4 Å². The Balaban J connectivity index is 1.30. The lowest BCUT2D eigenvalue weighted by atomic mass is 9.63. The maximum absolute atomic E-state index is 14.0. The highest BCUT2D eigenvalue weighted by Crippen LogP contribution is 2.46. The second-order valence-electron chi connectivity index (χ2n) is 11.6. The van der Waals surface area contributed by atoms with Crippen molar-refractivity contribution in [1.82, 2.24) is 15.5 Å². The summed E-state index contributed by atoms with van der Waals surface area (Å²) in [7, 11) is 1.47. The first-order valence-electron chi connectivity index (χ1n) is 14.6. The summed E-state index contributed by atoms with van der Waals surface area (Å²) in [6.07, 6.45) is 7.71. The Kier molecular flexibility index (Phi) is 9.11. The average Bonchev–Trinajstić information content (AvgIpc) is 3.01. The van der Waals surface area contributed by atoms with Crippen LogP contribution in [0.2, 0.25) is 5.02 Å². The minimum absolute atomic E-state index is 0.110. The summed E-state index contributed by atoms with van der Waals surface area (Å²) in [5.74, 6) is -0.122. The topological polar surface area (TPSA) is 87.7 Å². The zero-order chi connectivity index (χ0) is 28.1. The highest BCUT2D eigenvalue weighted by Gasteiger charge is 2.49. The molecule has 0 aromatic heterocycles. The van der Waals surface area contributed by atoms with Crippen LogP contribution in [0.4, 0.5) is 0 Å². The van der Waals surface area contributed by atoms with Crippen LogP contribution in [0.3, 0.4) is 0 Å². The van der Waals surface area contributed by atoms with Crippen LogP contribution in [-0.2, 0) is 38.5 Å². The van der Waals surface area contributed by atoms with Gasteiger partial charge in [0.2, 0.25) is 11.8 Å². The molecule has 7 nitrogen and oxygen atoms in total. The van der Waals surface area contributed by atoms with E-state index in [2.05, 4.69) is 22.8 Å². The van der Waals surface area contributed by atoms with Gasteiger partial charge in [0.1, 0.15) is 6.04 Å². The third-order valence-corrected chi connectivity index (χ3v) is 9.56. The summed E-state index contributed by atoms with van der Waals surface area (Å²) in [6.45, 7) is 1.58. The van der Waals surface area contributed by atoms with E-state index in [1.54, 1.807) is 12.1 Å². The minimum atomic E-state index is -0.715. The van der Waals surface area contributed by atoms with E-state index in [0.717, 1.165) is 36.8 Å². The van der Waals surface area contributed by atoms with Gasteiger partial charge in [0, 0.05) is 31.1 Å². The molecular weight excluding hydrogens is 526 g/mol. The van der Waals surface area contributed by atoms with Crippen molar-refractivity contribution in [1.29, 1.82) is 0 Å². The van der Waals surface area contributed by atoms with Crippen molar-refractivity contribution < 1.29 is 19.1 Å². The first kappa shape index (κ1) is 28.6. The summed E-state index contributed by atoms with van der Waals surface area (Å²) in [6, 6.07) is 14.4. The molecule has 0 bridgehead atoms. The number of hydrogen-bond donors (Lipinski definition) is 2. The average molecular weight is 566 g/mol. The molecule has 0 spiro atoms. The number of hydrogen-bond acceptors (Lipinski definition) is 5. The van der Waals surface area contributed by atoms with Crippen molar-refractivity contribution in [3.05, 3.63) is 70.2 Å². The number of benzene rings is 2. The number of esters is 1. The van der Waals surface area contributed by atoms with Crippen molar-refractivity contribution in [3.63, 3.8) is 0 Å². The number of halogens is 1. The van der Waals surface area contributed by atoms with Crippen LogP contribution in [0.25, 0.3) is 0 Å². The van der Waals surface area contributed by atoms with E-state index in [-0.39, 0.29) is 17.8 Å². The van der Waals surface area contributed by atoms with Gasteiger partial charge in [0.15, 0.2) is 0 Å². The number of nitrogens with zero attached hydrogens (tertiary/aromatic N) is 1. The van der Waals surface area contributed by atoms with Gasteiger partial charge in [-0.1, -0.05) is 67.3 Å². The highest BCUT2D eigenvalue weighted by molar-refractivity contribution is 6.30. The third-order valence-electron chi connectivity index (χ3n) is 9.31. The predicted octanol–water partition coefficient (Wildman–Crippen LogP) is 4.44. The van der Waals surface area contributed by atoms with Crippen molar-refractivity contribution in [2.45, 2.75) is 76.4 Å². The van der Waals surface area contributed by atoms with Crippen LogP contribution >= 0.6 is 11.6 Å². The number of carbonyl (C=O) groups excluding carboxylic acids is 3. The standard InChI is InChI=1S/C32H40ClN3O4/c1-40-31(39)32(25-9-3-2-4-10-25)15-17-36(18-16-32)30(38)28(19-22-11-13-26(33)14-12-22)35-29(37)27-20-23-7-5-6-8-24(23)21-34-27/h5-8,11-14,25,27-28,34H,2-4,9-10,15-21H2,1H3,(H,35,37)/t27-,28-/m1/s1. The lowest BCUT2D eigenvalue weighted by Gasteiger charge is -2.46. The third kappa shape index (κ3) is 6.21. The molecule has 40 heavy (non-hydrogen) atoms. The molecule has 2 aromatic carbocycles. The van der Waals surface area contributed by atoms with Crippen LogP contribution in [-0.4, -0.2) is 55.0 Å². The van der Waals surface area contributed by atoms with E-state index in [1.165, 1.54) is 19.1 Å². The van der Waals surface area contributed by atoms with Gasteiger partial charge in [-0.15, -0.1) is 0 Å². The molecule has 2 aliphatic heterocycles. The number of rotatable bonds is 7. The maximum atomic E-state index is 14.0. The van der Waals surface area contributed by atoms with Crippen LogP contribution < -0.4 is 10.6 Å². The van der Waals surface area contributed by atoms with Crippen molar-refractivity contribution >= 4 is 29.4 Å². The Bertz CT molecular complexity index is 1200. The lowest BCUT2D eigenvalue weighted by molar-refractivity contribution is -0.164. The zero-order valence-electron chi connectivity index (χ0n) is 23.3. The van der Waals surface area contributed by atoms with Crippen LogP contribution in [0.5, 0.6) is 0 Å². The Morgan fingerprint density at radius 1 is 1.02 bits per heavy atom. The highest BCUT2D eigenvalue weighted by atomic mass is 35.5. The normalized spacial score (nSPS) is 21.6. The number of ether oxygens (including phenoxy) is 1. The van der Waals surface area contributed by atoms with Crippen LogP contribution in [0.1, 0.15) is 61.6 Å². The van der Waals surface area contributed by atoms with Gasteiger partial charge >= 0.3 is 5.97 Å². The van der Waals surface area contributed by atoms with Crippen LogP contribution in [0.15, 0.2) is 48.5 Å². The van der Waals surface area contributed by atoms with E-state index in [1.807, 2.05) is 29.2 Å². The van der Waals surface area contributed by atoms with E-state index in [0.29, 0.717) is 56.3 Å². The molecule has 2 N–H and O–H groups in total. The Morgan fingerprint density at radius 3 is 2.38 bits per heavy atom. The number of fused-ring (bicyclic) bond motifs is 1. The minimum Gasteiger partial charge on any atom is -0.469 e. The number of nitrogens with one attached hydrogen (secondary N) is 2. The number of likely N-dealkylation sites (tertiary alicyclic amines) is 1. The van der Waals surface area contributed by atoms with Gasteiger partial charge in [-0.25, -0.2) is 0 Å². The largest absolute Gasteiger partial charge is 0.469 e. The number of methoxy groups -OCH3 is 1. The fourth-order valence-electron chi connectivity index (χ4n) is 6.95. The molecule has 1 saturated carbocycles. The van der Waals surface area contributed by atoms with Gasteiger partial charge < -0.3 is 20.3 Å². The molecule has 2 heterocycles. The summed E-state index contributed by atoms with van der Waals surface area (Å²) in [5, 5.41) is 7.03. The Hall–Kier alpha value is -2.90. The maximum Gasteiger partial charge on any atom is 0.312 e. The Labute approximate surface area is 242 Å². The smallest absolute Gasteiger partial charge is 0.312 e. The monoisotopic (exact) mass is 565 g/mol. The van der Waals surface area contributed by atoms with Crippen molar-refractivity contribution in [3.8, 4) is 0 Å². The van der Waals surface area contributed by atoms with Crippen molar-refractivity contribution in [2.75, 3.05) is 20.2 Å². The molecule has 5 rings (SSSR count). The number of amides is 2. The summed E-state index contributed by atoms with van der Waals surface area (Å²) < 4.78 is 5.31. The summed E-state index contributed by atoms with van der Waals surface area (Å²) >= 11 is 6.10. The zero-order valence-corrected chi connectivity index (χ0v) is 24.1. The SMILES string of the molecule is COC(=O)C1(C2CCCCC2)CCN(C(=O)[C@@H](Cc2ccc(Cl)cc2)NC(=O)[C@H]2Cc3ccccc3CN2)CC1. The van der Waals surface area contributed by atoms with Gasteiger partial charge in [-0.2, -0.15) is 0 Å². The molecule has 2 amide bonds. The fraction of sp³-hybridized carbons (Fsp3) is 0.531. The van der Waals surface area contributed by atoms with Gasteiger partial charge in [-0.05, 0) is 66.8 Å². The van der Waals surface area contributed by atoms with Gasteiger partial charge in [0.05, 0.1) is 18.6 Å². The molecule has 2 aromatic rings. The van der Waals surface area contributed by atoms with Gasteiger partial charge in [0.25, 0.3) is 0 Å². The predicted molar refractivity (Wildman–Crippen MR) is 155 cm³/mol. The Morgan fingerprint density at radius 2 is 1.70 bits per heavy atom. The molecule has 2 fully saturated rings. The molecule has 0 unspecified atom stereocenters. The second-order valence-corrected chi connectivity index (χ2v) is 12.0. The molecule has 1 aliphatic carbocycles. The van der Waals surface area contributed by atoms with Crippen molar-refractivity contribution in [2.24, 2.45) is 11.3 Å². The van der Waals surface area contributed by atoms with E-state index >= 15 is 0 Å². The van der Waals surface area contributed by atoms with E-state index in [4.69, 9.17) is 16.3 Å². The molecule has 214 valence electrons. The summed E-state index contributed by atoms with van der Waals surface area (Å²) in [5.41, 5.74) is 2.74. The molecule has 2 atom stereocenters. The first-order chi connectivity index (χ1) is 19.4. The molecule has 0 radical (unpaired) electrons. The first-order valence-corrected chi connectivity index (χ1v) is 15.0. The number of carbonyl (C=O) groups is 3. The summed E-state index contributed by atoms with van der Waals surface area (Å²) in [4.78, 5) is 42.3. The lowest BCUT2D eigenvalue weighted by Crippen LogP contribution is -2.58. The fourth-order valence-corrected chi connectivity index (χ4v) is 7.08. The van der Waals surface area contributed by atoms with Crippen LogP contribution in [0, 0.1) is 11.3 Å². The van der Waals surface area contributed by atoms with E-state index < -0.39 is 17.5 Å². The number of piperidine rings is 1. The van der Waals surface area contributed by atoms with Gasteiger partial charge in [-0.3, -0.25) is 14.4 Å².